The summed E-state index contributed by atoms with van der Waals surface area (Å²) in [7, 11) is 0. The molecule has 0 saturated carbocycles. The van der Waals surface area contributed by atoms with Crippen LogP contribution in [0.5, 0.6) is 0 Å². The molecule has 0 bridgehead atoms. The molecule has 146 valence electrons. The van der Waals surface area contributed by atoms with E-state index in [9.17, 15) is 14.7 Å². The Morgan fingerprint density at radius 3 is 2.71 bits per heavy atom. The van der Waals surface area contributed by atoms with Crippen molar-refractivity contribution >= 4 is 34.9 Å². The molecule has 2 aromatic rings. The second-order valence-corrected chi connectivity index (χ2v) is 7.54. The number of carbonyl (C=O) groups excluding carboxylic acids is 2. The van der Waals surface area contributed by atoms with Gasteiger partial charge in [0.2, 0.25) is 5.91 Å². The molecule has 0 aliphatic carbocycles. The number of hydrogen-bond acceptors (Lipinski definition) is 3. The Bertz CT molecular complexity index is 919. The molecule has 2 aliphatic rings. The van der Waals surface area contributed by atoms with Crippen LogP contribution in [0, 0.1) is 0 Å². The molecule has 1 saturated heterocycles. The number of nitrogens with one attached hydrogen (secondary N) is 1. The monoisotopic (exact) mass is 399 g/mol. The number of nitrogens with zero attached hydrogens (tertiary/aromatic N) is 2. The van der Waals surface area contributed by atoms with Gasteiger partial charge in [-0.05, 0) is 29.8 Å². The number of rotatable bonds is 3. The van der Waals surface area contributed by atoms with Crippen LogP contribution in [0.25, 0.3) is 0 Å². The normalized spacial score (nSPS) is 22.8. The van der Waals surface area contributed by atoms with Crippen LogP contribution in [0.2, 0.25) is 5.02 Å². The number of aliphatic hydroxyl groups excluding tert-OH is 1. The third-order valence-electron chi connectivity index (χ3n) is 5.60. The van der Waals surface area contributed by atoms with E-state index in [-0.39, 0.29) is 36.5 Å². The van der Waals surface area contributed by atoms with E-state index in [4.69, 9.17) is 11.6 Å². The highest BCUT2D eigenvalue weighted by molar-refractivity contribution is 6.30. The summed E-state index contributed by atoms with van der Waals surface area (Å²) in [6.45, 7) is 2.11. The number of anilines is 2. The lowest BCUT2D eigenvalue weighted by molar-refractivity contribution is -0.149. The van der Waals surface area contributed by atoms with Gasteiger partial charge in [0.1, 0.15) is 0 Å². The Morgan fingerprint density at radius 2 is 2.00 bits per heavy atom. The van der Waals surface area contributed by atoms with Crippen molar-refractivity contribution < 1.29 is 14.7 Å². The standard InChI is InChI=1S/C21H22ClN3O3/c1-2-19(27)25-17-11-24(21(28)23-14-7-5-6-13(22)10-14)16-9-4-3-8-15(16)20(17)18(25)12-26/h3-10,17-18,20,26H,2,11-12H2,1H3,(H,23,28)/t17-,18-,20+/m1/s1. The third kappa shape index (κ3) is 3.02. The average molecular weight is 400 g/mol. The Kier molecular flexibility index (Phi) is 5.00. The Hall–Kier alpha value is -2.57. The second kappa shape index (κ2) is 7.45. The zero-order valence-electron chi connectivity index (χ0n) is 15.5. The van der Waals surface area contributed by atoms with Gasteiger partial charge < -0.3 is 15.3 Å². The van der Waals surface area contributed by atoms with Crippen molar-refractivity contribution in [1.29, 1.82) is 0 Å². The summed E-state index contributed by atoms with van der Waals surface area (Å²) in [6, 6.07) is 14.0. The van der Waals surface area contributed by atoms with Gasteiger partial charge >= 0.3 is 6.03 Å². The van der Waals surface area contributed by atoms with Crippen LogP contribution < -0.4 is 10.2 Å². The number of amides is 3. The maximum atomic E-state index is 13.0. The highest BCUT2D eigenvalue weighted by Crippen LogP contribution is 2.48. The van der Waals surface area contributed by atoms with Gasteiger partial charge in [0.05, 0.1) is 18.7 Å². The van der Waals surface area contributed by atoms with E-state index in [0.717, 1.165) is 11.3 Å². The van der Waals surface area contributed by atoms with Crippen molar-refractivity contribution in [3.63, 3.8) is 0 Å². The number of halogens is 1. The molecule has 3 atom stereocenters. The lowest BCUT2D eigenvalue weighted by Crippen LogP contribution is -2.70. The molecule has 4 rings (SSSR count). The van der Waals surface area contributed by atoms with Crippen LogP contribution in [-0.4, -0.2) is 47.2 Å². The molecule has 0 radical (unpaired) electrons. The topological polar surface area (TPSA) is 72.9 Å². The van der Waals surface area contributed by atoms with E-state index in [2.05, 4.69) is 5.32 Å². The third-order valence-corrected chi connectivity index (χ3v) is 5.83. The predicted octanol–water partition coefficient (Wildman–Crippen LogP) is 3.46. The van der Waals surface area contributed by atoms with E-state index in [1.54, 1.807) is 34.1 Å². The summed E-state index contributed by atoms with van der Waals surface area (Å²) < 4.78 is 0. The molecule has 2 aromatic carbocycles. The largest absolute Gasteiger partial charge is 0.394 e. The van der Waals surface area contributed by atoms with Gasteiger partial charge in [0.15, 0.2) is 0 Å². The first-order valence-corrected chi connectivity index (χ1v) is 9.78. The first kappa shape index (κ1) is 18.8. The van der Waals surface area contributed by atoms with Crippen LogP contribution in [0.1, 0.15) is 24.8 Å². The molecule has 3 amide bonds. The molecule has 7 heteroatoms. The molecule has 6 nitrogen and oxygen atoms in total. The molecule has 2 heterocycles. The maximum Gasteiger partial charge on any atom is 0.326 e. The SMILES string of the molecule is CCC(=O)N1[C@H](CO)[C@H]2c3ccccc3N(C(=O)Nc3cccc(Cl)c3)C[C@H]21. The Morgan fingerprint density at radius 1 is 1.21 bits per heavy atom. The van der Waals surface area contributed by atoms with E-state index >= 15 is 0 Å². The molecule has 1 fully saturated rings. The minimum absolute atomic E-state index is 0.00474. The van der Waals surface area contributed by atoms with Gasteiger partial charge in [-0.25, -0.2) is 4.79 Å². The van der Waals surface area contributed by atoms with E-state index < -0.39 is 0 Å². The lowest BCUT2D eigenvalue weighted by atomic mass is 9.72. The number of hydrogen-bond donors (Lipinski definition) is 2. The Labute approximate surface area is 168 Å². The molecule has 2 aliphatic heterocycles. The van der Waals surface area contributed by atoms with Crippen LogP contribution in [0.15, 0.2) is 48.5 Å². The zero-order chi connectivity index (χ0) is 19.8. The minimum Gasteiger partial charge on any atom is -0.394 e. The number of para-hydroxylation sites is 1. The summed E-state index contributed by atoms with van der Waals surface area (Å²) in [6.07, 6.45) is 0.371. The zero-order valence-corrected chi connectivity index (χ0v) is 16.3. The van der Waals surface area contributed by atoms with Crippen molar-refractivity contribution in [2.45, 2.75) is 31.3 Å². The molecule has 0 unspecified atom stereocenters. The maximum absolute atomic E-state index is 13.0. The summed E-state index contributed by atoms with van der Waals surface area (Å²) >= 11 is 6.02. The van der Waals surface area contributed by atoms with E-state index in [1.807, 2.05) is 31.2 Å². The first-order chi connectivity index (χ1) is 13.5. The number of likely N-dealkylation sites (tertiary alicyclic amines) is 1. The molecule has 28 heavy (non-hydrogen) atoms. The summed E-state index contributed by atoms with van der Waals surface area (Å²) in [5.74, 6) is 0.0294. The van der Waals surface area contributed by atoms with Crippen LogP contribution in [0.4, 0.5) is 16.2 Å². The van der Waals surface area contributed by atoms with Crippen molar-refractivity contribution in [3.05, 3.63) is 59.1 Å². The highest BCUT2D eigenvalue weighted by atomic mass is 35.5. The smallest absolute Gasteiger partial charge is 0.326 e. The second-order valence-electron chi connectivity index (χ2n) is 7.11. The van der Waals surface area contributed by atoms with Crippen molar-refractivity contribution in [1.82, 2.24) is 4.90 Å². The Balaban J connectivity index is 1.66. The number of aliphatic hydroxyl groups is 1. The van der Waals surface area contributed by atoms with Crippen molar-refractivity contribution in [3.8, 4) is 0 Å². The van der Waals surface area contributed by atoms with Gasteiger partial charge in [0.25, 0.3) is 0 Å². The summed E-state index contributed by atoms with van der Waals surface area (Å²) in [5.41, 5.74) is 2.41. The van der Waals surface area contributed by atoms with Crippen LogP contribution in [-0.2, 0) is 4.79 Å². The molecular weight excluding hydrogens is 378 g/mol. The number of carbonyl (C=O) groups is 2. The molecular formula is C21H22ClN3O3. The minimum atomic E-state index is -0.274. The van der Waals surface area contributed by atoms with Gasteiger partial charge in [-0.15, -0.1) is 0 Å². The van der Waals surface area contributed by atoms with Gasteiger partial charge in [-0.3, -0.25) is 9.69 Å². The average Bonchev–Trinajstić information content (AvgIpc) is 2.68. The van der Waals surface area contributed by atoms with Gasteiger partial charge in [-0.2, -0.15) is 0 Å². The van der Waals surface area contributed by atoms with Gasteiger partial charge in [0, 0.05) is 35.3 Å². The lowest BCUT2D eigenvalue weighted by Gasteiger charge is -2.58. The first-order valence-electron chi connectivity index (χ1n) is 9.40. The van der Waals surface area contributed by atoms with E-state index in [0.29, 0.717) is 23.7 Å². The number of benzene rings is 2. The van der Waals surface area contributed by atoms with Crippen LogP contribution >= 0.6 is 11.6 Å². The number of urea groups is 1. The van der Waals surface area contributed by atoms with Crippen molar-refractivity contribution in [2.24, 2.45) is 0 Å². The summed E-state index contributed by atoms with van der Waals surface area (Å²) in [4.78, 5) is 28.9. The van der Waals surface area contributed by atoms with E-state index in [1.165, 1.54) is 0 Å². The van der Waals surface area contributed by atoms with Crippen molar-refractivity contribution in [2.75, 3.05) is 23.4 Å². The molecule has 0 spiro atoms. The fraction of sp³-hybridized carbons (Fsp3) is 0.333. The number of fused-ring (bicyclic) bond motifs is 3. The van der Waals surface area contributed by atoms with Gasteiger partial charge in [-0.1, -0.05) is 42.8 Å². The summed E-state index contributed by atoms with van der Waals surface area (Å²) in [5, 5.41) is 13.3. The highest BCUT2D eigenvalue weighted by Gasteiger charge is 2.54. The quantitative estimate of drug-likeness (QED) is 0.830. The fourth-order valence-electron chi connectivity index (χ4n) is 4.37. The predicted molar refractivity (Wildman–Crippen MR) is 109 cm³/mol. The van der Waals surface area contributed by atoms with Crippen LogP contribution in [0.3, 0.4) is 0 Å². The fourth-order valence-corrected chi connectivity index (χ4v) is 4.56. The molecule has 0 aromatic heterocycles. The molecule has 2 N–H and O–H groups in total.